The highest BCUT2D eigenvalue weighted by Gasteiger charge is 2.21. The van der Waals surface area contributed by atoms with Crippen molar-refractivity contribution >= 4 is 5.97 Å². The van der Waals surface area contributed by atoms with Gasteiger partial charge in [-0.1, -0.05) is 13.8 Å². The number of nitrogens with zero attached hydrogens (tertiary/aromatic N) is 1. The second-order valence-corrected chi connectivity index (χ2v) is 4.36. The first-order valence-electron chi connectivity index (χ1n) is 5.83. The van der Waals surface area contributed by atoms with Crippen LogP contribution in [-0.2, 0) is 12.8 Å². The van der Waals surface area contributed by atoms with Gasteiger partial charge in [-0.05, 0) is 18.1 Å². The van der Waals surface area contributed by atoms with Crippen molar-refractivity contribution in [2.24, 2.45) is 0 Å². The smallest absolute Gasteiger partial charge is 0.373 e. The Labute approximate surface area is 104 Å². The van der Waals surface area contributed by atoms with Crippen LogP contribution >= 0.6 is 0 Å². The Morgan fingerprint density at radius 1 is 1.44 bits per heavy atom. The van der Waals surface area contributed by atoms with E-state index < -0.39 is 5.97 Å². The molecule has 0 aliphatic heterocycles. The number of hydrogen-bond acceptors (Lipinski definition) is 4. The van der Waals surface area contributed by atoms with Crippen LogP contribution in [0.4, 0.5) is 0 Å². The van der Waals surface area contributed by atoms with Crippen molar-refractivity contribution in [2.45, 2.75) is 32.6 Å². The highest BCUT2D eigenvalue weighted by atomic mass is 16.4. The Morgan fingerprint density at radius 2 is 2.22 bits per heavy atom. The number of hydrogen-bond donors (Lipinski definition) is 1. The van der Waals surface area contributed by atoms with Crippen LogP contribution in [0.1, 0.15) is 47.7 Å². The number of rotatable bonds is 5. The average Bonchev–Trinajstić information content (AvgIpc) is 2.95. The summed E-state index contributed by atoms with van der Waals surface area (Å²) in [6.45, 7) is 3.78. The summed E-state index contributed by atoms with van der Waals surface area (Å²) in [7, 11) is 0. The van der Waals surface area contributed by atoms with Crippen molar-refractivity contribution in [1.82, 2.24) is 4.98 Å². The molecule has 0 aromatic carbocycles. The van der Waals surface area contributed by atoms with Crippen LogP contribution in [0.2, 0.25) is 0 Å². The molecule has 0 saturated heterocycles. The summed E-state index contributed by atoms with van der Waals surface area (Å²) in [5.41, 5.74) is 0.497. The standard InChI is InChI=1S/C13H15NO4/c1-8(2)11-12(13(15)16)18-10(14-11)6-5-9-4-3-7-17-9/h3-4,7-8H,5-6H2,1-2H3,(H,15,16). The molecule has 0 radical (unpaired) electrons. The fourth-order valence-electron chi connectivity index (χ4n) is 1.71. The predicted octanol–water partition coefficient (Wildman–Crippen LogP) is 2.87. The summed E-state index contributed by atoms with van der Waals surface area (Å²) < 4.78 is 10.5. The Morgan fingerprint density at radius 3 is 2.72 bits per heavy atom. The number of carbonyl (C=O) groups is 1. The number of aromatic carboxylic acids is 1. The molecule has 0 atom stereocenters. The van der Waals surface area contributed by atoms with E-state index in [2.05, 4.69) is 4.98 Å². The molecule has 2 rings (SSSR count). The summed E-state index contributed by atoms with van der Waals surface area (Å²) >= 11 is 0. The number of carboxylic acid groups (broad SMARTS) is 1. The fourth-order valence-corrected chi connectivity index (χ4v) is 1.71. The van der Waals surface area contributed by atoms with Gasteiger partial charge in [-0.2, -0.15) is 0 Å². The third-order valence-corrected chi connectivity index (χ3v) is 2.60. The van der Waals surface area contributed by atoms with Gasteiger partial charge in [0, 0.05) is 12.8 Å². The molecule has 1 N–H and O–H groups in total. The summed E-state index contributed by atoms with van der Waals surface area (Å²) in [4.78, 5) is 15.3. The second-order valence-electron chi connectivity index (χ2n) is 4.36. The third-order valence-electron chi connectivity index (χ3n) is 2.60. The molecule has 2 aromatic rings. The Balaban J connectivity index is 2.14. The van der Waals surface area contributed by atoms with Crippen molar-refractivity contribution in [3.8, 4) is 0 Å². The van der Waals surface area contributed by atoms with E-state index >= 15 is 0 Å². The van der Waals surface area contributed by atoms with E-state index in [1.54, 1.807) is 6.26 Å². The Hall–Kier alpha value is -2.04. The molecule has 2 aromatic heterocycles. The van der Waals surface area contributed by atoms with Crippen molar-refractivity contribution in [3.05, 3.63) is 41.5 Å². The largest absolute Gasteiger partial charge is 0.475 e. The van der Waals surface area contributed by atoms with Crippen LogP contribution in [0.15, 0.2) is 27.2 Å². The minimum atomic E-state index is -1.07. The first kappa shape index (κ1) is 12.4. The number of carboxylic acids is 1. The maximum atomic E-state index is 11.0. The average molecular weight is 249 g/mol. The molecule has 2 heterocycles. The van der Waals surface area contributed by atoms with Crippen molar-refractivity contribution < 1.29 is 18.7 Å². The molecular formula is C13H15NO4. The van der Waals surface area contributed by atoms with Gasteiger partial charge in [0.15, 0.2) is 5.89 Å². The van der Waals surface area contributed by atoms with E-state index in [1.807, 2.05) is 26.0 Å². The summed E-state index contributed by atoms with van der Waals surface area (Å²) in [6, 6.07) is 3.68. The van der Waals surface area contributed by atoms with Crippen molar-refractivity contribution in [3.63, 3.8) is 0 Å². The third kappa shape index (κ3) is 2.61. The van der Waals surface area contributed by atoms with Gasteiger partial charge >= 0.3 is 5.97 Å². The van der Waals surface area contributed by atoms with Gasteiger partial charge in [0.25, 0.3) is 0 Å². The van der Waals surface area contributed by atoms with Gasteiger partial charge < -0.3 is 13.9 Å². The van der Waals surface area contributed by atoms with E-state index in [9.17, 15) is 4.79 Å². The number of furan rings is 1. The molecule has 0 unspecified atom stereocenters. The Bertz CT molecular complexity index is 525. The molecule has 0 saturated carbocycles. The first-order chi connectivity index (χ1) is 8.58. The molecule has 5 nitrogen and oxygen atoms in total. The van der Waals surface area contributed by atoms with Crippen molar-refractivity contribution in [1.29, 1.82) is 0 Å². The van der Waals surface area contributed by atoms with Crippen LogP contribution in [0.3, 0.4) is 0 Å². The molecule has 5 heteroatoms. The first-order valence-corrected chi connectivity index (χ1v) is 5.83. The van der Waals surface area contributed by atoms with Gasteiger partial charge in [-0.15, -0.1) is 0 Å². The minimum absolute atomic E-state index is 0.0252. The molecule has 0 amide bonds. The SMILES string of the molecule is CC(C)c1nc(CCc2ccco2)oc1C(=O)O. The lowest BCUT2D eigenvalue weighted by molar-refractivity contribution is 0.0658. The predicted molar refractivity (Wildman–Crippen MR) is 63.7 cm³/mol. The molecule has 0 bridgehead atoms. The summed E-state index contributed by atoms with van der Waals surface area (Å²) in [6.07, 6.45) is 2.78. The summed E-state index contributed by atoms with van der Waals surface area (Å²) in [5.74, 6) is 0.163. The van der Waals surface area contributed by atoms with E-state index in [0.29, 0.717) is 24.4 Å². The van der Waals surface area contributed by atoms with Crippen LogP contribution in [0.5, 0.6) is 0 Å². The van der Waals surface area contributed by atoms with Gasteiger partial charge in [-0.25, -0.2) is 9.78 Å². The number of aromatic nitrogens is 1. The molecule has 0 spiro atoms. The number of aryl methyl sites for hydroxylation is 2. The van der Waals surface area contributed by atoms with Gasteiger partial charge in [0.05, 0.1) is 12.0 Å². The maximum absolute atomic E-state index is 11.0. The summed E-state index contributed by atoms with van der Waals surface area (Å²) in [5, 5.41) is 9.03. The van der Waals surface area contributed by atoms with Crippen LogP contribution in [-0.4, -0.2) is 16.1 Å². The molecular weight excluding hydrogens is 234 g/mol. The van der Waals surface area contributed by atoms with Gasteiger partial charge in [-0.3, -0.25) is 0 Å². The highest BCUT2D eigenvalue weighted by Crippen LogP contribution is 2.21. The van der Waals surface area contributed by atoms with Crippen LogP contribution in [0.25, 0.3) is 0 Å². The highest BCUT2D eigenvalue weighted by molar-refractivity contribution is 5.85. The lowest BCUT2D eigenvalue weighted by Crippen LogP contribution is -2.01. The molecule has 0 fully saturated rings. The van der Waals surface area contributed by atoms with Gasteiger partial charge in [0.2, 0.25) is 5.76 Å². The molecule has 96 valence electrons. The molecule has 0 aliphatic rings. The number of oxazole rings is 1. The van der Waals surface area contributed by atoms with Gasteiger partial charge in [0.1, 0.15) is 5.76 Å². The zero-order valence-electron chi connectivity index (χ0n) is 10.3. The quantitative estimate of drug-likeness (QED) is 0.881. The van der Waals surface area contributed by atoms with Crippen LogP contribution in [0, 0.1) is 0 Å². The Kier molecular flexibility index (Phi) is 3.50. The van der Waals surface area contributed by atoms with E-state index in [0.717, 1.165) is 5.76 Å². The zero-order valence-corrected chi connectivity index (χ0v) is 10.3. The van der Waals surface area contributed by atoms with E-state index in [-0.39, 0.29) is 11.7 Å². The van der Waals surface area contributed by atoms with E-state index in [4.69, 9.17) is 13.9 Å². The lowest BCUT2D eigenvalue weighted by atomic mass is 10.1. The van der Waals surface area contributed by atoms with Crippen molar-refractivity contribution in [2.75, 3.05) is 0 Å². The topological polar surface area (TPSA) is 76.5 Å². The molecule has 18 heavy (non-hydrogen) atoms. The monoisotopic (exact) mass is 249 g/mol. The fraction of sp³-hybridized carbons (Fsp3) is 0.385. The maximum Gasteiger partial charge on any atom is 0.373 e. The minimum Gasteiger partial charge on any atom is -0.475 e. The normalized spacial score (nSPS) is 11.1. The van der Waals surface area contributed by atoms with E-state index in [1.165, 1.54) is 0 Å². The lowest BCUT2D eigenvalue weighted by Gasteiger charge is -1.98. The molecule has 0 aliphatic carbocycles. The zero-order chi connectivity index (χ0) is 13.1. The second kappa shape index (κ2) is 5.08. The van der Waals surface area contributed by atoms with Crippen LogP contribution < -0.4 is 0 Å².